The van der Waals surface area contributed by atoms with Crippen molar-refractivity contribution in [1.29, 1.82) is 0 Å². The molecule has 0 spiro atoms. The molecule has 0 amide bonds. The first kappa shape index (κ1) is 15.6. The molecule has 3 rings (SSSR count). The van der Waals surface area contributed by atoms with E-state index in [1.807, 2.05) is 0 Å². The predicted octanol–water partition coefficient (Wildman–Crippen LogP) is 3.15. The van der Waals surface area contributed by atoms with E-state index in [4.69, 9.17) is 0 Å². The monoisotopic (exact) mass is 299 g/mol. The summed E-state index contributed by atoms with van der Waals surface area (Å²) < 4.78 is 2.46. The quantitative estimate of drug-likeness (QED) is 0.840. The van der Waals surface area contributed by atoms with E-state index in [9.17, 15) is 0 Å². The van der Waals surface area contributed by atoms with Crippen LogP contribution in [-0.4, -0.2) is 54.1 Å². The highest BCUT2D eigenvalue weighted by Gasteiger charge is 2.15. The van der Waals surface area contributed by atoms with E-state index in [2.05, 4.69) is 59.5 Å². The summed E-state index contributed by atoms with van der Waals surface area (Å²) in [6.45, 7) is 11.7. The highest BCUT2D eigenvalue weighted by Crippen LogP contribution is 2.27. The van der Waals surface area contributed by atoms with Crippen molar-refractivity contribution in [2.75, 3.05) is 39.8 Å². The molecule has 1 aliphatic rings. The van der Waals surface area contributed by atoms with Crippen molar-refractivity contribution < 1.29 is 0 Å². The number of likely N-dealkylation sites (N-methyl/N-ethyl adjacent to an activating group) is 1. The van der Waals surface area contributed by atoms with E-state index < -0.39 is 0 Å². The van der Waals surface area contributed by atoms with Crippen LogP contribution < -0.4 is 0 Å². The number of nitrogens with zero attached hydrogens (tertiary/aromatic N) is 3. The van der Waals surface area contributed by atoms with Gasteiger partial charge in [-0.3, -0.25) is 0 Å². The van der Waals surface area contributed by atoms with Gasteiger partial charge in [-0.2, -0.15) is 0 Å². The van der Waals surface area contributed by atoms with Crippen LogP contribution in [0, 0.1) is 6.92 Å². The highest BCUT2D eigenvalue weighted by atomic mass is 15.2. The van der Waals surface area contributed by atoms with Gasteiger partial charge in [0.25, 0.3) is 0 Å². The Morgan fingerprint density at radius 1 is 1.05 bits per heavy atom. The van der Waals surface area contributed by atoms with E-state index in [1.54, 1.807) is 5.56 Å². The van der Waals surface area contributed by atoms with Crippen molar-refractivity contribution in [1.82, 2.24) is 14.4 Å². The summed E-state index contributed by atoms with van der Waals surface area (Å²) in [7, 11) is 2.22. The SMILES string of the molecule is CCn1c(C)c(CCCN2CCN(C)CC2)c2ccccc21. The summed E-state index contributed by atoms with van der Waals surface area (Å²) >= 11 is 0. The smallest absolute Gasteiger partial charge is 0.0485 e. The number of benzene rings is 1. The molecule has 0 radical (unpaired) electrons. The lowest BCUT2D eigenvalue weighted by Gasteiger charge is -2.32. The number of hydrogen-bond acceptors (Lipinski definition) is 2. The van der Waals surface area contributed by atoms with Gasteiger partial charge in [0.2, 0.25) is 0 Å². The Labute approximate surface area is 134 Å². The minimum atomic E-state index is 1.06. The molecule has 1 aromatic heterocycles. The van der Waals surface area contributed by atoms with Crippen LogP contribution in [0.2, 0.25) is 0 Å². The van der Waals surface area contributed by atoms with E-state index in [-0.39, 0.29) is 0 Å². The van der Waals surface area contributed by atoms with E-state index >= 15 is 0 Å². The maximum absolute atomic E-state index is 2.62. The number of aryl methyl sites for hydroxylation is 2. The summed E-state index contributed by atoms with van der Waals surface area (Å²) in [5.41, 5.74) is 4.42. The maximum atomic E-state index is 2.62. The number of hydrogen-bond donors (Lipinski definition) is 0. The van der Waals surface area contributed by atoms with Crippen LogP contribution >= 0.6 is 0 Å². The molecule has 0 atom stereocenters. The lowest BCUT2D eigenvalue weighted by molar-refractivity contribution is 0.153. The molecule has 1 saturated heterocycles. The van der Waals surface area contributed by atoms with Gasteiger partial charge in [-0.05, 0) is 51.9 Å². The molecule has 2 aromatic rings. The Morgan fingerprint density at radius 2 is 1.77 bits per heavy atom. The zero-order valence-corrected chi connectivity index (χ0v) is 14.3. The normalized spacial score (nSPS) is 17.4. The molecule has 1 aromatic carbocycles. The number of para-hydroxylation sites is 1. The lowest BCUT2D eigenvalue weighted by atomic mass is 10.1. The fourth-order valence-electron chi connectivity index (χ4n) is 3.78. The summed E-state index contributed by atoms with van der Waals surface area (Å²) in [5.74, 6) is 0. The van der Waals surface area contributed by atoms with Gasteiger partial charge in [-0.25, -0.2) is 0 Å². The van der Waals surface area contributed by atoms with E-state index in [1.165, 1.54) is 62.2 Å². The Bertz CT molecular complexity index is 621. The Hall–Kier alpha value is -1.32. The molecular formula is C19H29N3. The van der Waals surface area contributed by atoms with E-state index in [0.29, 0.717) is 0 Å². The van der Waals surface area contributed by atoms with Crippen molar-refractivity contribution in [3.63, 3.8) is 0 Å². The van der Waals surface area contributed by atoms with Crippen molar-refractivity contribution in [2.24, 2.45) is 0 Å². The van der Waals surface area contributed by atoms with Crippen LogP contribution in [0.25, 0.3) is 10.9 Å². The molecule has 1 fully saturated rings. The standard InChI is InChI=1S/C19H29N3/c1-4-22-16(2)17(18-8-5-6-10-19(18)22)9-7-11-21-14-12-20(3)13-15-21/h5-6,8,10H,4,7,9,11-15H2,1-3H3. The highest BCUT2D eigenvalue weighted by molar-refractivity contribution is 5.85. The van der Waals surface area contributed by atoms with Gasteiger partial charge in [0.15, 0.2) is 0 Å². The van der Waals surface area contributed by atoms with Gasteiger partial charge in [-0.1, -0.05) is 18.2 Å². The average molecular weight is 299 g/mol. The first-order valence-corrected chi connectivity index (χ1v) is 8.68. The second-order valence-electron chi connectivity index (χ2n) is 6.57. The van der Waals surface area contributed by atoms with Crippen LogP contribution in [0.1, 0.15) is 24.6 Å². The molecule has 22 heavy (non-hydrogen) atoms. The average Bonchev–Trinajstić information content (AvgIpc) is 2.81. The molecule has 3 heteroatoms. The first-order valence-electron chi connectivity index (χ1n) is 8.68. The van der Waals surface area contributed by atoms with Crippen LogP contribution in [0.15, 0.2) is 24.3 Å². The Balaban J connectivity index is 1.68. The fourth-order valence-corrected chi connectivity index (χ4v) is 3.78. The molecule has 0 aliphatic carbocycles. The van der Waals surface area contributed by atoms with Crippen LogP contribution in [0.4, 0.5) is 0 Å². The van der Waals surface area contributed by atoms with Gasteiger partial charge in [0.1, 0.15) is 0 Å². The lowest BCUT2D eigenvalue weighted by Crippen LogP contribution is -2.44. The van der Waals surface area contributed by atoms with Crippen LogP contribution in [0.3, 0.4) is 0 Å². The molecule has 0 bridgehead atoms. The molecule has 0 saturated carbocycles. The number of piperazine rings is 1. The molecule has 1 aliphatic heterocycles. The van der Waals surface area contributed by atoms with Crippen LogP contribution in [0.5, 0.6) is 0 Å². The Kier molecular flexibility index (Phi) is 4.84. The van der Waals surface area contributed by atoms with Crippen molar-refractivity contribution in [3.05, 3.63) is 35.5 Å². The Morgan fingerprint density at radius 3 is 2.50 bits per heavy atom. The zero-order chi connectivity index (χ0) is 15.5. The topological polar surface area (TPSA) is 11.4 Å². The molecule has 0 N–H and O–H groups in total. The van der Waals surface area contributed by atoms with Gasteiger partial charge in [0.05, 0.1) is 0 Å². The predicted molar refractivity (Wildman–Crippen MR) is 94.6 cm³/mol. The molecule has 2 heterocycles. The number of rotatable bonds is 5. The summed E-state index contributed by atoms with van der Waals surface area (Å²) in [4.78, 5) is 5.05. The number of aromatic nitrogens is 1. The van der Waals surface area contributed by atoms with Crippen molar-refractivity contribution in [3.8, 4) is 0 Å². The molecule has 0 unspecified atom stereocenters. The number of fused-ring (bicyclic) bond motifs is 1. The van der Waals surface area contributed by atoms with Gasteiger partial charge >= 0.3 is 0 Å². The fraction of sp³-hybridized carbons (Fsp3) is 0.579. The van der Waals surface area contributed by atoms with Crippen molar-refractivity contribution >= 4 is 10.9 Å². The molecule has 120 valence electrons. The third kappa shape index (κ3) is 3.06. The summed E-state index contributed by atoms with van der Waals surface area (Å²) in [6, 6.07) is 8.88. The maximum Gasteiger partial charge on any atom is 0.0485 e. The minimum Gasteiger partial charge on any atom is -0.345 e. The second kappa shape index (κ2) is 6.84. The largest absolute Gasteiger partial charge is 0.345 e. The third-order valence-electron chi connectivity index (χ3n) is 5.17. The first-order chi connectivity index (χ1) is 10.7. The molecular weight excluding hydrogens is 270 g/mol. The molecule has 3 nitrogen and oxygen atoms in total. The van der Waals surface area contributed by atoms with Gasteiger partial charge in [0, 0.05) is 49.3 Å². The van der Waals surface area contributed by atoms with Gasteiger partial charge < -0.3 is 14.4 Å². The van der Waals surface area contributed by atoms with Crippen molar-refractivity contribution in [2.45, 2.75) is 33.2 Å². The van der Waals surface area contributed by atoms with Gasteiger partial charge in [-0.15, -0.1) is 0 Å². The van der Waals surface area contributed by atoms with Crippen LogP contribution in [-0.2, 0) is 13.0 Å². The summed E-state index contributed by atoms with van der Waals surface area (Å²) in [5, 5.41) is 1.46. The van der Waals surface area contributed by atoms with E-state index in [0.717, 1.165) is 6.54 Å². The summed E-state index contributed by atoms with van der Waals surface area (Å²) in [6.07, 6.45) is 2.47. The second-order valence-corrected chi connectivity index (χ2v) is 6.57. The zero-order valence-electron chi connectivity index (χ0n) is 14.3. The third-order valence-corrected chi connectivity index (χ3v) is 5.17. The minimum absolute atomic E-state index is 1.06.